The number of benzene rings is 2. The van der Waals surface area contributed by atoms with Crippen molar-refractivity contribution in [3.05, 3.63) is 93.6 Å². The van der Waals surface area contributed by atoms with Gasteiger partial charge < -0.3 is 20.3 Å². The highest BCUT2D eigenvalue weighted by Crippen LogP contribution is 2.46. The standard InChI is InChI=1S/C43H48N6O8S2/c1-26(2)57-37-33(32-16-10-13-27-12-8-9-15-31(27)32)24-44-49(41(37)53)29-22-35-38(50)46-43(42(54)47-59(55,56)30-19-20-30)23-28(43)14-6-4-3-5-7-17-34(40(52)48(35)25-29)45-39(51)36-18-11-21-58-36/h6,8-16,18,21,24,26,28-30,34-35H,3-5,7,17,19-20,22-23,25H2,1-2H3,(H,45,51)(H,46,50)(H,47,54)/b14-6-/t28?,29?,34?,35-,43?/m0/s1. The summed E-state index contributed by atoms with van der Waals surface area (Å²) in [5, 5.41) is 13.4. The van der Waals surface area contributed by atoms with E-state index in [0.717, 1.165) is 29.2 Å². The highest BCUT2D eigenvalue weighted by atomic mass is 32.2. The van der Waals surface area contributed by atoms with Crippen molar-refractivity contribution in [2.45, 2.75) is 107 Å². The molecule has 59 heavy (non-hydrogen) atoms. The van der Waals surface area contributed by atoms with Crippen molar-refractivity contribution in [1.82, 2.24) is 30.0 Å². The molecule has 1 saturated heterocycles. The monoisotopic (exact) mass is 840 g/mol. The third-order valence-corrected chi connectivity index (χ3v) is 14.3. The summed E-state index contributed by atoms with van der Waals surface area (Å²) in [6.45, 7) is 3.53. The summed E-state index contributed by atoms with van der Waals surface area (Å²) in [5.74, 6) is -2.80. The molecule has 0 spiro atoms. The zero-order chi connectivity index (χ0) is 41.5. The minimum absolute atomic E-state index is 0.0522. The van der Waals surface area contributed by atoms with Crippen LogP contribution in [0.25, 0.3) is 21.9 Å². The summed E-state index contributed by atoms with van der Waals surface area (Å²) in [7, 11) is -3.93. The van der Waals surface area contributed by atoms with E-state index < -0.39 is 74.0 Å². The fourth-order valence-electron chi connectivity index (χ4n) is 8.30. The van der Waals surface area contributed by atoms with Crippen molar-refractivity contribution in [3.8, 4) is 16.9 Å². The number of nitrogens with zero attached hydrogens (tertiary/aromatic N) is 3. The van der Waals surface area contributed by atoms with E-state index in [9.17, 15) is 32.4 Å². The van der Waals surface area contributed by atoms with Crippen molar-refractivity contribution in [1.29, 1.82) is 0 Å². The van der Waals surface area contributed by atoms with Crippen molar-refractivity contribution in [3.63, 3.8) is 0 Å². The van der Waals surface area contributed by atoms with Crippen LogP contribution in [-0.2, 0) is 24.4 Å². The number of allylic oxidation sites excluding steroid dienone is 1. The number of sulfonamides is 1. The smallest absolute Gasteiger partial charge is 0.310 e. The molecule has 16 heteroatoms. The van der Waals surface area contributed by atoms with E-state index in [1.54, 1.807) is 23.7 Å². The number of carbonyl (C=O) groups is 4. The molecule has 2 aromatic heterocycles. The maximum atomic E-state index is 14.8. The fourth-order valence-corrected chi connectivity index (χ4v) is 10.3. The molecule has 8 rings (SSSR count). The summed E-state index contributed by atoms with van der Waals surface area (Å²) in [5.41, 5.74) is -0.839. The van der Waals surface area contributed by atoms with Gasteiger partial charge in [0.25, 0.3) is 11.8 Å². The average molecular weight is 841 g/mol. The minimum atomic E-state index is -3.93. The third-order valence-electron chi connectivity index (χ3n) is 11.6. The zero-order valence-electron chi connectivity index (χ0n) is 33.0. The molecule has 2 saturated carbocycles. The van der Waals surface area contributed by atoms with Crippen LogP contribution in [-0.4, -0.2) is 82.2 Å². The van der Waals surface area contributed by atoms with E-state index >= 15 is 0 Å². The van der Waals surface area contributed by atoms with Gasteiger partial charge in [-0.1, -0.05) is 73.5 Å². The summed E-state index contributed by atoms with van der Waals surface area (Å²) in [6, 6.07) is 14.0. The summed E-state index contributed by atoms with van der Waals surface area (Å²) < 4.78 is 35.6. The number of aromatic nitrogens is 2. The van der Waals surface area contributed by atoms with Crippen molar-refractivity contribution in [2.75, 3.05) is 6.54 Å². The Kier molecular flexibility index (Phi) is 11.2. The molecule has 14 nitrogen and oxygen atoms in total. The summed E-state index contributed by atoms with van der Waals surface area (Å²) in [4.78, 5) is 73.0. The molecule has 2 aliphatic heterocycles. The lowest BCUT2D eigenvalue weighted by atomic mass is 9.99. The van der Waals surface area contributed by atoms with Crippen molar-refractivity contribution >= 4 is 55.8 Å². The van der Waals surface area contributed by atoms with Gasteiger partial charge in [0.1, 0.15) is 17.6 Å². The van der Waals surface area contributed by atoms with Gasteiger partial charge in [0.2, 0.25) is 21.8 Å². The normalized spacial score (nSPS) is 25.6. The van der Waals surface area contributed by atoms with Crippen LogP contribution in [0.3, 0.4) is 0 Å². The number of amides is 4. The minimum Gasteiger partial charge on any atom is -0.485 e. The van der Waals surface area contributed by atoms with Gasteiger partial charge in [0.15, 0.2) is 5.75 Å². The molecule has 5 atom stereocenters. The Morgan fingerprint density at radius 1 is 0.983 bits per heavy atom. The Bertz CT molecular complexity index is 2470. The molecule has 0 radical (unpaired) electrons. The predicted octanol–water partition coefficient (Wildman–Crippen LogP) is 4.86. The zero-order valence-corrected chi connectivity index (χ0v) is 34.6. The second-order valence-electron chi connectivity index (χ2n) is 16.2. The van der Waals surface area contributed by atoms with Gasteiger partial charge >= 0.3 is 5.56 Å². The molecule has 4 amide bonds. The number of hydrogen-bond acceptors (Lipinski definition) is 10. The van der Waals surface area contributed by atoms with Crippen molar-refractivity contribution in [2.24, 2.45) is 5.92 Å². The highest BCUT2D eigenvalue weighted by molar-refractivity contribution is 7.91. The molecule has 4 heterocycles. The Labute approximate surface area is 346 Å². The SMILES string of the molecule is CC(C)Oc1c(-c2cccc3ccccc23)cnn(C2C[C@H]3C(=O)NC4(C(=O)NS(=O)(=O)C5CC5)CC4/C=C\CCCCCC(NC(=O)c4cccs4)C(=O)N3C2)c1=O. The number of ether oxygens (including phenoxy) is 1. The molecule has 3 fully saturated rings. The van der Waals surface area contributed by atoms with E-state index in [2.05, 4.69) is 20.5 Å². The second kappa shape index (κ2) is 16.4. The maximum Gasteiger partial charge on any atom is 0.310 e. The Morgan fingerprint density at radius 3 is 2.54 bits per heavy atom. The van der Waals surface area contributed by atoms with Gasteiger partial charge in [0, 0.05) is 18.9 Å². The highest BCUT2D eigenvalue weighted by Gasteiger charge is 2.62. The third kappa shape index (κ3) is 8.29. The van der Waals surface area contributed by atoms with Crippen LogP contribution >= 0.6 is 11.3 Å². The predicted molar refractivity (Wildman–Crippen MR) is 223 cm³/mol. The molecule has 4 unspecified atom stereocenters. The van der Waals surface area contributed by atoms with Gasteiger partial charge in [-0.05, 0) is 80.2 Å². The lowest BCUT2D eigenvalue weighted by Gasteiger charge is -2.30. The van der Waals surface area contributed by atoms with Crippen LogP contribution in [0.2, 0.25) is 0 Å². The average Bonchev–Trinajstić information content (AvgIpc) is 4.07. The number of fused-ring (bicyclic) bond motifs is 3. The molecular formula is C43H48N6O8S2. The summed E-state index contributed by atoms with van der Waals surface area (Å²) in [6.07, 6.45) is 9.17. The Hall–Kier alpha value is -5.35. The van der Waals surface area contributed by atoms with Gasteiger partial charge in [-0.15, -0.1) is 11.3 Å². The van der Waals surface area contributed by atoms with E-state index in [0.29, 0.717) is 42.5 Å². The quantitative estimate of drug-likeness (QED) is 0.198. The number of nitrogens with one attached hydrogen (secondary N) is 3. The first-order valence-electron chi connectivity index (χ1n) is 20.3. The first-order chi connectivity index (χ1) is 28.4. The number of hydrogen-bond donors (Lipinski definition) is 3. The van der Waals surface area contributed by atoms with Gasteiger partial charge in [-0.3, -0.25) is 28.7 Å². The van der Waals surface area contributed by atoms with E-state index in [1.807, 2.05) is 68.5 Å². The second-order valence-corrected chi connectivity index (χ2v) is 19.2. The number of carbonyl (C=O) groups excluding carboxylic acids is 4. The molecular weight excluding hydrogens is 793 g/mol. The van der Waals surface area contributed by atoms with Gasteiger partial charge in [0.05, 0.1) is 34.0 Å². The fraction of sp³-hybridized carbons (Fsp3) is 0.442. The van der Waals surface area contributed by atoms with E-state index in [-0.39, 0.29) is 31.2 Å². The Morgan fingerprint density at radius 2 is 1.78 bits per heavy atom. The van der Waals surface area contributed by atoms with Crippen LogP contribution in [0.5, 0.6) is 5.75 Å². The largest absolute Gasteiger partial charge is 0.485 e. The van der Waals surface area contributed by atoms with Crippen molar-refractivity contribution < 1.29 is 32.3 Å². The lowest BCUT2D eigenvalue weighted by Crippen LogP contribution is -2.58. The summed E-state index contributed by atoms with van der Waals surface area (Å²) >= 11 is 1.24. The Balaban J connectivity index is 1.17. The molecule has 310 valence electrons. The molecule has 0 bridgehead atoms. The van der Waals surface area contributed by atoms with Crippen LogP contribution in [0.1, 0.15) is 87.3 Å². The molecule has 2 aromatic carbocycles. The molecule has 2 aliphatic carbocycles. The topological polar surface area (TPSA) is 186 Å². The molecule has 4 aliphatic rings. The maximum absolute atomic E-state index is 14.8. The van der Waals surface area contributed by atoms with Gasteiger partial charge in [-0.2, -0.15) is 5.10 Å². The lowest BCUT2D eigenvalue weighted by molar-refractivity contribution is -0.141. The van der Waals surface area contributed by atoms with E-state index in [4.69, 9.17) is 4.74 Å². The molecule has 3 N–H and O–H groups in total. The van der Waals surface area contributed by atoms with Crippen LogP contribution < -0.4 is 25.7 Å². The molecule has 4 aromatic rings. The first-order valence-corrected chi connectivity index (χ1v) is 22.7. The van der Waals surface area contributed by atoms with Crippen LogP contribution in [0.15, 0.2) is 83.1 Å². The number of thiophene rings is 1. The van der Waals surface area contributed by atoms with Gasteiger partial charge in [-0.25, -0.2) is 13.1 Å². The van der Waals surface area contributed by atoms with Crippen LogP contribution in [0.4, 0.5) is 0 Å². The van der Waals surface area contributed by atoms with E-state index in [1.165, 1.54) is 20.9 Å². The first kappa shape index (κ1) is 40.4. The van der Waals surface area contributed by atoms with Crippen LogP contribution in [0, 0.1) is 5.92 Å². The number of rotatable bonds is 9.